The highest BCUT2D eigenvalue weighted by Gasteiger charge is 2.22. The Labute approximate surface area is 109 Å². The van der Waals surface area contributed by atoms with E-state index >= 15 is 0 Å². The molecule has 0 aromatic carbocycles. The summed E-state index contributed by atoms with van der Waals surface area (Å²) in [6.07, 6.45) is 8.38. The third kappa shape index (κ3) is 4.34. The molecule has 98 valence electrons. The number of furan rings is 1. The molecule has 2 unspecified atom stereocenters. The summed E-state index contributed by atoms with van der Waals surface area (Å²) in [5.74, 6) is 0.999. The molecule has 0 spiro atoms. The van der Waals surface area contributed by atoms with Gasteiger partial charge in [0.1, 0.15) is 5.76 Å². The first-order chi connectivity index (χ1) is 7.90. The summed E-state index contributed by atoms with van der Waals surface area (Å²) in [4.78, 5) is 0. The molecule has 0 amide bonds. The molecule has 17 heavy (non-hydrogen) atoms. The third-order valence-electron chi connectivity index (χ3n) is 3.37. The minimum Gasteiger partial charge on any atom is -0.468 e. The van der Waals surface area contributed by atoms with Crippen LogP contribution in [-0.2, 0) is 11.3 Å². The lowest BCUT2D eigenvalue weighted by atomic mass is 10.1. The van der Waals surface area contributed by atoms with Gasteiger partial charge in [0.15, 0.2) is 0 Å². The lowest BCUT2D eigenvalue weighted by molar-refractivity contribution is 0.0620. The molecular weight excluding hydrogens is 238 g/mol. The molecule has 1 aliphatic carbocycles. The predicted octanol–water partition coefficient (Wildman–Crippen LogP) is 3.14. The number of rotatable bonds is 4. The molecule has 1 fully saturated rings. The molecule has 0 radical (unpaired) electrons. The normalized spacial score (nSPS) is 25.0. The summed E-state index contributed by atoms with van der Waals surface area (Å²) in [6.45, 7) is 0.803. The zero-order valence-corrected chi connectivity index (χ0v) is 11.2. The highest BCUT2D eigenvalue weighted by atomic mass is 35.5. The maximum atomic E-state index is 5.56. The highest BCUT2D eigenvalue weighted by molar-refractivity contribution is 5.85. The van der Waals surface area contributed by atoms with Crippen molar-refractivity contribution in [3.8, 4) is 0 Å². The van der Waals surface area contributed by atoms with Crippen LogP contribution in [0.5, 0.6) is 0 Å². The van der Waals surface area contributed by atoms with E-state index in [0.29, 0.717) is 12.1 Å². The Kier molecular flexibility index (Phi) is 6.63. The van der Waals surface area contributed by atoms with Crippen LogP contribution in [0.2, 0.25) is 0 Å². The van der Waals surface area contributed by atoms with Gasteiger partial charge >= 0.3 is 0 Å². The summed E-state index contributed by atoms with van der Waals surface area (Å²) in [5, 5.41) is 3.55. The Morgan fingerprint density at radius 2 is 2.18 bits per heavy atom. The maximum Gasteiger partial charge on any atom is 0.117 e. The molecule has 1 N–H and O–H groups in total. The van der Waals surface area contributed by atoms with Crippen molar-refractivity contribution in [2.75, 3.05) is 7.11 Å². The molecule has 1 heterocycles. The Morgan fingerprint density at radius 3 is 2.88 bits per heavy atom. The van der Waals surface area contributed by atoms with Gasteiger partial charge in [0, 0.05) is 13.2 Å². The molecule has 1 saturated carbocycles. The first kappa shape index (κ1) is 14.6. The lowest BCUT2D eigenvalue weighted by Crippen LogP contribution is -2.39. The van der Waals surface area contributed by atoms with Crippen LogP contribution in [0.3, 0.4) is 0 Å². The van der Waals surface area contributed by atoms with E-state index in [1.807, 2.05) is 19.2 Å². The molecule has 4 heteroatoms. The highest BCUT2D eigenvalue weighted by Crippen LogP contribution is 2.20. The molecule has 3 nitrogen and oxygen atoms in total. The van der Waals surface area contributed by atoms with E-state index in [1.54, 1.807) is 6.26 Å². The Hall–Kier alpha value is -0.510. The van der Waals surface area contributed by atoms with E-state index in [4.69, 9.17) is 9.15 Å². The molecule has 0 saturated heterocycles. The quantitative estimate of drug-likeness (QED) is 0.844. The summed E-state index contributed by atoms with van der Waals surface area (Å²) in [5.41, 5.74) is 0. The van der Waals surface area contributed by atoms with E-state index in [1.165, 1.54) is 32.1 Å². The van der Waals surface area contributed by atoms with Crippen molar-refractivity contribution >= 4 is 12.4 Å². The van der Waals surface area contributed by atoms with Gasteiger partial charge in [0.25, 0.3) is 0 Å². The van der Waals surface area contributed by atoms with Crippen LogP contribution < -0.4 is 5.32 Å². The molecule has 1 aromatic rings. The summed E-state index contributed by atoms with van der Waals surface area (Å²) >= 11 is 0. The fourth-order valence-electron chi connectivity index (χ4n) is 2.43. The molecule has 1 aliphatic rings. The average molecular weight is 260 g/mol. The monoisotopic (exact) mass is 259 g/mol. The smallest absolute Gasteiger partial charge is 0.117 e. The second kappa shape index (κ2) is 7.75. The molecular formula is C13H22ClNO2. The molecule has 2 rings (SSSR count). The maximum absolute atomic E-state index is 5.56. The number of hydrogen-bond acceptors (Lipinski definition) is 3. The van der Waals surface area contributed by atoms with Gasteiger partial charge in [-0.1, -0.05) is 19.3 Å². The number of hydrogen-bond donors (Lipinski definition) is 1. The Balaban J connectivity index is 0.00000144. The minimum atomic E-state index is 0. The van der Waals surface area contributed by atoms with Gasteiger partial charge in [-0.15, -0.1) is 12.4 Å². The van der Waals surface area contributed by atoms with Crippen molar-refractivity contribution in [2.45, 2.75) is 50.8 Å². The Morgan fingerprint density at radius 1 is 1.35 bits per heavy atom. The fourth-order valence-corrected chi connectivity index (χ4v) is 2.43. The SMILES string of the molecule is COC1CCCCCC1NCc1ccco1.Cl. The number of halogens is 1. The van der Waals surface area contributed by atoms with Crippen LogP contribution in [0.25, 0.3) is 0 Å². The fraction of sp³-hybridized carbons (Fsp3) is 0.692. The number of methoxy groups -OCH3 is 1. The first-order valence-corrected chi connectivity index (χ1v) is 6.18. The Bertz CT molecular complexity index is 290. The van der Waals surface area contributed by atoms with Crippen LogP contribution in [0.1, 0.15) is 37.9 Å². The van der Waals surface area contributed by atoms with Crippen LogP contribution in [0.15, 0.2) is 22.8 Å². The minimum absolute atomic E-state index is 0. The zero-order chi connectivity index (χ0) is 11.2. The topological polar surface area (TPSA) is 34.4 Å². The van der Waals surface area contributed by atoms with Gasteiger partial charge in [-0.05, 0) is 25.0 Å². The first-order valence-electron chi connectivity index (χ1n) is 6.18. The number of ether oxygens (including phenoxy) is 1. The van der Waals surface area contributed by atoms with Gasteiger partial charge < -0.3 is 14.5 Å². The van der Waals surface area contributed by atoms with Crippen molar-refractivity contribution in [3.63, 3.8) is 0 Å². The lowest BCUT2D eigenvalue weighted by Gasteiger charge is -2.24. The second-order valence-corrected chi connectivity index (χ2v) is 4.48. The summed E-state index contributed by atoms with van der Waals surface area (Å²) in [6, 6.07) is 4.40. The second-order valence-electron chi connectivity index (χ2n) is 4.48. The zero-order valence-electron chi connectivity index (χ0n) is 10.4. The van der Waals surface area contributed by atoms with Gasteiger partial charge in [0.05, 0.1) is 18.9 Å². The molecule has 0 aliphatic heterocycles. The van der Waals surface area contributed by atoms with Crippen molar-refractivity contribution in [1.29, 1.82) is 0 Å². The van der Waals surface area contributed by atoms with E-state index in [0.717, 1.165) is 12.3 Å². The molecule has 2 atom stereocenters. The van der Waals surface area contributed by atoms with Crippen LogP contribution in [0, 0.1) is 0 Å². The van der Waals surface area contributed by atoms with Crippen LogP contribution in [-0.4, -0.2) is 19.3 Å². The van der Waals surface area contributed by atoms with Crippen LogP contribution >= 0.6 is 12.4 Å². The van der Waals surface area contributed by atoms with Gasteiger partial charge in [-0.25, -0.2) is 0 Å². The average Bonchev–Trinajstić information content (AvgIpc) is 2.71. The van der Waals surface area contributed by atoms with E-state index in [9.17, 15) is 0 Å². The summed E-state index contributed by atoms with van der Waals surface area (Å²) < 4.78 is 10.9. The summed E-state index contributed by atoms with van der Waals surface area (Å²) in [7, 11) is 1.82. The molecule has 1 aromatic heterocycles. The van der Waals surface area contributed by atoms with Gasteiger partial charge in [-0.3, -0.25) is 0 Å². The number of nitrogens with one attached hydrogen (secondary N) is 1. The van der Waals surface area contributed by atoms with Crippen molar-refractivity contribution < 1.29 is 9.15 Å². The van der Waals surface area contributed by atoms with Gasteiger partial charge in [-0.2, -0.15) is 0 Å². The van der Waals surface area contributed by atoms with E-state index in [2.05, 4.69) is 5.32 Å². The van der Waals surface area contributed by atoms with Crippen molar-refractivity contribution in [2.24, 2.45) is 0 Å². The largest absolute Gasteiger partial charge is 0.468 e. The van der Waals surface area contributed by atoms with Gasteiger partial charge in [0.2, 0.25) is 0 Å². The van der Waals surface area contributed by atoms with E-state index in [-0.39, 0.29) is 12.4 Å². The van der Waals surface area contributed by atoms with Crippen LogP contribution in [0.4, 0.5) is 0 Å². The van der Waals surface area contributed by atoms with Crippen molar-refractivity contribution in [1.82, 2.24) is 5.32 Å². The third-order valence-corrected chi connectivity index (χ3v) is 3.37. The predicted molar refractivity (Wildman–Crippen MR) is 70.5 cm³/mol. The standard InChI is InChI=1S/C13H21NO2.ClH/c1-15-13-8-4-2-3-7-12(13)14-10-11-6-5-9-16-11;/h5-6,9,12-14H,2-4,7-8,10H2,1H3;1H. The van der Waals surface area contributed by atoms with E-state index < -0.39 is 0 Å². The van der Waals surface area contributed by atoms with Crippen molar-refractivity contribution in [3.05, 3.63) is 24.2 Å². The molecule has 0 bridgehead atoms.